The lowest BCUT2D eigenvalue weighted by Gasteiger charge is -2.18. The molecule has 0 saturated heterocycles. The summed E-state index contributed by atoms with van der Waals surface area (Å²) in [5.74, 6) is 1.04. The van der Waals surface area contributed by atoms with E-state index in [-0.39, 0.29) is 6.04 Å². The number of benzene rings is 1. The standard InChI is InChI=1S/C14H17Cl2N3/c1-3-19-7-6-18-14(19)9-13(17-2)11-8-10(15)4-5-12(11)16/h4-8,13,17H,3,9H2,1-2H3. The minimum atomic E-state index is 0.0962. The summed E-state index contributed by atoms with van der Waals surface area (Å²) in [6.07, 6.45) is 4.59. The molecule has 0 saturated carbocycles. The Labute approximate surface area is 123 Å². The number of nitrogens with zero attached hydrogens (tertiary/aromatic N) is 2. The van der Waals surface area contributed by atoms with E-state index in [4.69, 9.17) is 23.2 Å². The second kappa shape index (κ2) is 6.42. The summed E-state index contributed by atoms with van der Waals surface area (Å²) >= 11 is 12.3. The molecular weight excluding hydrogens is 281 g/mol. The lowest BCUT2D eigenvalue weighted by molar-refractivity contribution is 0.553. The van der Waals surface area contributed by atoms with Crippen LogP contribution in [0.3, 0.4) is 0 Å². The van der Waals surface area contributed by atoms with Crippen molar-refractivity contribution in [1.82, 2.24) is 14.9 Å². The fourth-order valence-electron chi connectivity index (χ4n) is 2.15. The van der Waals surface area contributed by atoms with Crippen molar-refractivity contribution in [2.75, 3.05) is 7.05 Å². The van der Waals surface area contributed by atoms with Crippen LogP contribution in [-0.4, -0.2) is 16.6 Å². The third-order valence-corrected chi connectivity index (χ3v) is 3.79. The average molecular weight is 298 g/mol. The van der Waals surface area contributed by atoms with Gasteiger partial charge in [-0.2, -0.15) is 0 Å². The van der Waals surface area contributed by atoms with Crippen LogP contribution in [0.4, 0.5) is 0 Å². The molecule has 0 amide bonds. The zero-order valence-electron chi connectivity index (χ0n) is 11.0. The van der Waals surface area contributed by atoms with Crippen LogP contribution in [-0.2, 0) is 13.0 Å². The molecule has 1 heterocycles. The van der Waals surface area contributed by atoms with Gasteiger partial charge >= 0.3 is 0 Å². The predicted molar refractivity (Wildman–Crippen MR) is 79.9 cm³/mol. The average Bonchev–Trinajstić information content (AvgIpc) is 2.86. The molecule has 3 nitrogen and oxygen atoms in total. The smallest absolute Gasteiger partial charge is 0.110 e. The number of hydrogen-bond donors (Lipinski definition) is 1. The van der Waals surface area contributed by atoms with Crippen molar-refractivity contribution in [2.24, 2.45) is 0 Å². The molecule has 0 fully saturated rings. The Morgan fingerprint density at radius 3 is 2.84 bits per heavy atom. The van der Waals surface area contributed by atoms with Gasteiger partial charge in [-0.15, -0.1) is 0 Å². The topological polar surface area (TPSA) is 29.9 Å². The molecule has 5 heteroatoms. The molecular formula is C14H17Cl2N3. The van der Waals surface area contributed by atoms with Gasteiger partial charge in [-0.05, 0) is 37.7 Å². The Morgan fingerprint density at radius 2 is 2.16 bits per heavy atom. The minimum absolute atomic E-state index is 0.0962. The zero-order valence-corrected chi connectivity index (χ0v) is 12.5. The summed E-state index contributed by atoms with van der Waals surface area (Å²) < 4.78 is 2.13. The quantitative estimate of drug-likeness (QED) is 0.912. The van der Waals surface area contributed by atoms with E-state index in [1.807, 2.05) is 31.6 Å². The molecule has 2 rings (SSSR count). The molecule has 1 unspecified atom stereocenters. The van der Waals surface area contributed by atoms with Crippen molar-refractivity contribution in [3.05, 3.63) is 52.0 Å². The van der Waals surface area contributed by atoms with Gasteiger partial charge in [-0.3, -0.25) is 0 Å². The van der Waals surface area contributed by atoms with Crippen LogP contribution < -0.4 is 5.32 Å². The maximum atomic E-state index is 6.26. The van der Waals surface area contributed by atoms with Gasteiger partial charge in [-0.25, -0.2) is 4.98 Å². The third kappa shape index (κ3) is 3.30. The van der Waals surface area contributed by atoms with Crippen LogP contribution in [0.15, 0.2) is 30.6 Å². The molecule has 1 aromatic carbocycles. The maximum Gasteiger partial charge on any atom is 0.110 e. The summed E-state index contributed by atoms with van der Waals surface area (Å²) in [6.45, 7) is 3.01. The van der Waals surface area contributed by atoms with E-state index >= 15 is 0 Å². The Bertz CT molecular complexity index is 551. The van der Waals surface area contributed by atoms with E-state index in [9.17, 15) is 0 Å². The highest BCUT2D eigenvalue weighted by molar-refractivity contribution is 6.33. The van der Waals surface area contributed by atoms with Crippen molar-refractivity contribution in [1.29, 1.82) is 0 Å². The minimum Gasteiger partial charge on any atom is -0.335 e. The molecule has 0 bridgehead atoms. The van der Waals surface area contributed by atoms with Gasteiger partial charge in [0, 0.05) is 41.4 Å². The van der Waals surface area contributed by atoms with Crippen molar-refractivity contribution in [2.45, 2.75) is 25.9 Å². The lowest BCUT2D eigenvalue weighted by Crippen LogP contribution is -2.21. The van der Waals surface area contributed by atoms with Crippen LogP contribution in [0.1, 0.15) is 24.4 Å². The molecule has 1 atom stereocenters. The summed E-state index contributed by atoms with van der Waals surface area (Å²) in [5, 5.41) is 4.69. The SMILES string of the molecule is CCn1ccnc1CC(NC)c1cc(Cl)ccc1Cl. The van der Waals surface area contributed by atoms with E-state index in [1.165, 1.54) is 0 Å². The summed E-state index contributed by atoms with van der Waals surface area (Å²) in [5.41, 5.74) is 1.00. The number of aryl methyl sites for hydroxylation is 1. The summed E-state index contributed by atoms with van der Waals surface area (Å²) in [4.78, 5) is 4.40. The number of likely N-dealkylation sites (N-methyl/N-ethyl adjacent to an activating group) is 1. The predicted octanol–water partition coefficient (Wildman–Crippen LogP) is 3.71. The van der Waals surface area contributed by atoms with Crippen LogP contribution in [0.25, 0.3) is 0 Å². The first-order valence-corrected chi connectivity index (χ1v) is 7.03. The first kappa shape index (κ1) is 14.4. The molecule has 0 aliphatic heterocycles. The maximum absolute atomic E-state index is 6.26. The Hall–Kier alpha value is -1.03. The van der Waals surface area contributed by atoms with Crippen LogP contribution >= 0.6 is 23.2 Å². The first-order valence-electron chi connectivity index (χ1n) is 6.28. The number of hydrogen-bond acceptors (Lipinski definition) is 2. The van der Waals surface area contributed by atoms with E-state index in [0.717, 1.165) is 29.4 Å². The van der Waals surface area contributed by atoms with Gasteiger partial charge in [0.15, 0.2) is 0 Å². The monoisotopic (exact) mass is 297 g/mol. The Morgan fingerprint density at radius 1 is 1.37 bits per heavy atom. The highest BCUT2D eigenvalue weighted by Gasteiger charge is 2.16. The number of imidazole rings is 1. The molecule has 1 N–H and O–H groups in total. The van der Waals surface area contributed by atoms with Crippen LogP contribution in [0, 0.1) is 0 Å². The van der Waals surface area contributed by atoms with Crippen molar-refractivity contribution < 1.29 is 0 Å². The van der Waals surface area contributed by atoms with Gasteiger partial charge in [0.1, 0.15) is 5.82 Å². The molecule has 102 valence electrons. The van der Waals surface area contributed by atoms with Gasteiger partial charge in [-0.1, -0.05) is 23.2 Å². The van der Waals surface area contributed by atoms with Gasteiger partial charge < -0.3 is 9.88 Å². The number of aromatic nitrogens is 2. The normalized spacial score (nSPS) is 12.6. The van der Waals surface area contributed by atoms with Crippen molar-refractivity contribution in [3.8, 4) is 0 Å². The highest BCUT2D eigenvalue weighted by atomic mass is 35.5. The molecule has 1 aromatic heterocycles. The fourth-order valence-corrected chi connectivity index (χ4v) is 2.58. The molecule has 0 aliphatic carbocycles. The molecule has 0 aliphatic rings. The Kier molecular flexibility index (Phi) is 4.86. The van der Waals surface area contributed by atoms with Crippen molar-refractivity contribution >= 4 is 23.2 Å². The van der Waals surface area contributed by atoms with Gasteiger partial charge in [0.05, 0.1) is 0 Å². The number of nitrogens with one attached hydrogen (secondary N) is 1. The van der Waals surface area contributed by atoms with Crippen molar-refractivity contribution in [3.63, 3.8) is 0 Å². The van der Waals surface area contributed by atoms with E-state index in [0.29, 0.717) is 5.02 Å². The fraction of sp³-hybridized carbons (Fsp3) is 0.357. The van der Waals surface area contributed by atoms with Crippen LogP contribution in [0.5, 0.6) is 0 Å². The highest BCUT2D eigenvalue weighted by Crippen LogP contribution is 2.28. The second-order valence-electron chi connectivity index (χ2n) is 4.34. The number of halogens is 2. The molecule has 2 aromatic rings. The van der Waals surface area contributed by atoms with Crippen LogP contribution in [0.2, 0.25) is 10.0 Å². The lowest BCUT2D eigenvalue weighted by atomic mass is 10.0. The summed E-state index contributed by atoms with van der Waals surface area (Å²) in [7, 11) is 1.92. The second-order valence-corrected chi connectivity index (χ2v) is 5.18. The van der Waals surface area contributed by atoms with Gasteiger partial charge in [0.2, 0.25) is 0 Å². The van der Waals surface area contributed by atoms with E-state index < -0.39 is 0 Å². The molecule has 19 heavy (non-hydrogen) atoms. The molecule has 0 radical (unpaired) electrons. The Balaban J connectivity index is 2.27. The van der Waals surface area contributed by atoms with E-state index in [2.05, 4.69) is 21.8 Å². The van der Waals surface area contributed by atoms with E-state index in [1.54, 1.807) is 6.07 Å². The number of rotatable bonds is 5. The first-order chi connectivity index (χ1) is 9.15. The molecule has 0 spiro atoms. The van der Waals surface area contributed by atoms with Gasteiger partial charge in [0.25, 0.3) is 0 Å². The third-order valence-electron chi connectivity index (χ3n) is 3.21. The zero-order chi connectivity index (χ0) is 13.8. The largest absolute Gasteiger partial charge is 0.335 e. The summed E-state index contributed by atoms with van der Waals surface area (Å²) in [6, 6.07) is 5.63.